The quantitative estimate of drug-likeness (QED) is 0.439. The zero-order chi connectivity index (χ0) is 23.2. The van der Waals surface area contributed by atoms with Gasteiger partial charge in [0.2, 0.25) is 10.0 Å². The van der Waals surface area contributed by atoms with Gasteiger partial charge in [0.15, 0.2) is 0 Å². The van der Waals surface area contributed by atoms with Crippen LogP contribution in [0.1, 0.15) is 29.2 Å². The van der Waals surface area contributed by atoms with E-state index in [1.165, 1.54) is 22.5 Å². The highest BCUT2D eigenvalue weighted by Gasteiger charge is 2.32. The molecule has 10 nitrogen and oxygen atoms in total. The van der Waals surface area contributed by atoms with E-state index in [0.29, 0.717) is 24.7 Å². The number of nitrogen functional groups attached to an aromatic ring is 1. The summed E-state index contributed by atoms with van der Waals surface area (Å²) in [5.41, 5.74) is 7.07. The van der Waals surface area contributed by atoms with Crippen LogP contribution in [0.25, 0.3) is 10.2 Å². The molecule has 32 heavy (non-hydrogen) atoms. The number of hydrogen-bond donors (Lipinski definition) is 1. The lowest BCUT2D eigenvalue weighted by molar-refractivity contribution is -0.385. The van der Waals surface area contributed by atoms with Crippen LogP contribution in [0.15, 0.2) is 29.2 Å². The molecule has 1 aliphatic heterocycles. The van der Waals surface area contributed by atoms with Gasteiger partial charge in [-0.15, -0.1) is 11.3 Å². The normalized spacial score (nSPS) is 17.0. The second-order valence-electron chi connectivity index (χ2n) is 7.80. The monoisotopic (exact) mass is 476 g/mol. The largest absolute Gasteiger partial charge is 0.383 e. The molecule has 1 aromatic carbocycles. The van der Waals surface area contributed by atoms with Crippen molar-refractivity contribution < 1.29 is 13.3 Å². The fourth-order valence-corrected chi connectivity index (χ4v) is 6.39. The number of sulfonamides is 1. The van der Waals surface area contributed by atoms with Crippen LogP contribution in [0.3, 0.4) is 0 Å². The molecule has 1 fully saturated rings. The Balaban J connectivity index is 1.50. The number of thiophene rings is 1. The van der Waals surface area contributed by atoms with Crippen LogP contribution in [0.2, 0.25) is 0 Å². The minimum absolute atomic E-state index is 0.0711. The summed E-state index contributed by atoms with van der Waals surface area (Å²) in [7, 11) is -3.82. The number of nitro benzene ring substituents is 1. The number of non-ortho nitro benzene ring substituents is 1. The highest BCUT2D eigenvalue weighted by Crippen LogP contribution is 2.33. The predicted molar refractivity (Wildman–Crippen MR) is 123 cm³/mol. The van der Waals surface area contributed by atoms with Crippen molar-refractivity contribution in [2.45, 2.75) is 31.7 Å². The van der Waals surface area contributed by atoms with Crippen molar-refractivity contribution >= 4 is 43.1 Å². The molecule has 0 saturated carbocycles. The Bertz CT molecular complexity index is 1300. The highest BCUT2D eigenvalue weighted by atomic mass is 32.2. The van der Waals surface area contributed by atoms with Gasteiger partial charge >= 0.3 is 0 Å². The predicted octanol–water partition coefficient (Wildman–Crippen LogP) is 2.87. The second kappa shape index (κ2) is 8.35. The fraction of sp³-hybridized carbons (Fsp3) is 0.400. The van der Waals surface area contributed by atoms with Gasteiger partial charge < -0.3 is 5.73 Å². The van der Waals surface area contributed by atoms with E-state index < -0.39 is 14.9 Å². The topological polar surface area (TPSA) is 136 Å². The number of fused-ring (bicyclic) bond motifs is 1. The third kappa shape index (κ3) is 3.94. The first-order valence-corrected chi connectivity index (χ1v) is 12.4. The van der Waals surface area contributed by atoms with E-state index >= 15 is 0 Å². The molecule has 0 aliphatic carbocycles. The van der Waals surface area contributed by atoms with Crippen molar-refractivity contribution in [2.24, 2.45) is 0 Å². The van der Waals surface area contributed by atoms with E-state index in [9.17, 15) is 18.5 Å². The molecule has 1 atom stereocenters. The zero-order valence-electron chi connectivity index (χ0n) is 18.0. The molecule has 12 heteroatoms. The first-order valence-electron chi connectivity index (χ1n) is 10.1. The van der Waals surface area contributed by atoms with Gasteiger partial charge in [0.25, 0.3) is 5.69 Å². The average Bonchev–Trinajstić information content (AvgIpc) is 3.07. The van der Waals surface area contributed by atoms with Gasteiger partial charge in [-0.05, 0) is 32.4 Å². The van der Waals surface area contributed by atoms with E-state index in [1.54, 1.807) is 11.3 Å². The van der Waals surface area contributed by atoms with Crippen LogP contribution in [0.5, 0.6) is 0 Å². The molecule has 3 aromatic rings. The lowest BCUT2D eigenvalue weighted by Gasteiger charge is -2.36. The first kappa shape index (κ1) is 22.5. The Kier molecular flexibility index (Phi) is 5.88. The highest BCUT2D eigenvalue weighted by molar-refractivity contribution is 7.89. The molecule has 1 unspecified atom stereocenters. The summed E-state index contributed by atoms with van der Waals surface area (Å²) in [5, 5.41) is 11.9. The van der Waals surface area contributed by atoms with Crippen molar-refractivity contribution in [3.63, 3.8) is 0 Å². The number of nitro groups is 1. The number of aromatic nitrogens is 2. The molecular formula is C20H24N6O4S2. The van der Waals surface area contributed by atoms with Crippen molar-refractivity contribution in [1.82, 2.24) is 19.2 Å². The summed E-state index contributed by atoms with van der Waals surface area (Å²) in [6.07, 6.45) is 0. The summed E-state index contributed by atoms with van der Waals surface area (Å²) in [4.78, 5) is 23.7. The van der Waals surface area contributed by atoms with Gasteiger partial charge in [-0.1, -0.05) is 6.07 Å². The van der Waals surface area contributed by atoms with E-state index in [0.717, 1.165) is 26.7 Å². The first-order chi connectivity index (χ1) is 15.1. The number of rotatable bonds is 5. The molecule has 1 saturated heterocycles. The third-order valence-corrected chi connectivity index (χ3v) is 8.93. The van der Waals surface area contributed by atoms with Crippen molar-refractivity contribution in [1.29, 1.82) is 0 Å². The van der Waals surface area contributed by atoms with Gasteiger partial charge in [-0.2, -0.15) is 4.31 Å². The van der Waals surface area contributed by atoms with Crippen molar-refractivity contribution in [3.05, 3.63) is 50.6 Å². The van der Waals surface area contributed by atoms with E-state index in [-0.39, 0.29) is 29.7 Å². The molecule has 1 aliphatic rings. The lowest BCUT2D eigenvalue weighted by atomic mass is 10.2. The van der Waals surface area contributed by atoms with Crippen LogP contribution >= 0.6 is 11.3 Å². The Hall–Kier alpha value is -2.67. The SMILES string of the molecule is Cc1sc2nc(C(C)N3CCN(S(=O)(=O)c4cccc([N+](=O)[O-])c4)CC3)nc(N)c2c1C. The van der Waals surface area contributed by atoms with Gasteiger partial charge in [-0.3, -0.25) is 15.0 Å². The second-order valence-corrected chi connectivity index (χ2v) is 10.9. The van der Waals surface area contributed by atoms with Crippen molar-refractivity contribution in [2.75, 3.05) is 31.9 Å². The molecule has 0 spiro atoms. The van der Waals surface area contributed by atoms with E-state index in [4.69, 9.17) is 10.7 Å². The number of hydrogen-bond acceptors (Lipinski definition) is 9. The van der Waals surface area contributed by atoms with Gasteiger partial charge in [-0.25, -0.2) is 18.4 Å². The van der Waals surface area contributed by atoms with E-state index in [2.05, 4.69) is 9.88 Å². The Labute approximate surface area is 189 Å². The molecule has 2 aromatic heterocycles. The Morgan fingerprint density at radius 2 is 1.88 bits per heavy atom. The molecule has 0 amide bonds. The summed E-state index contributed by atoms with van der Waals surface area (Å²) < 4.78 is 27.3. The average molecular weight is 477 g/mol. The number of piperazine rings is 1. The summed E-state index contributed by atoms with van der Waals surface area (Å²) >= 11 is 1.59. The van der Waals surface area contributed by atoms with Gasteiger partial charge in [0.1, 0.15) is 16.5 Å². The number of nitrogens with two attached hydrogens (primary N) is 1. The number of anilines is 1. The Morgan fingerprint density at radius 1 is 1.19 bits per heavy atom. The maximum Gasteiger partial charge on any atom is 0.270 e. The van der Waals surface area contributed by atoms with Crippen LogP contribution in [0.4, 0.5) is 11.5 Å². The van der Waals surface area contributed by atoms with Crippen LogP contribution in [-0.4, -0.2) is 58.7 Å². The molecule has 170 valence electrons. The molecular weight excluding hydrogens is 452 g/mol. The number of benzene rings is 1. The molecule has 3 heterocycles. The minimum Gasteiger partial charge on any atom is -0.383 e. The summed E-state index contributed by atoms with van der Waals surface area (Å²) in [6, 6.07) is 5.01. The molecule has 0 radical (unpaired) electrons. The fourth-order valence-electron chi connectivity index (χ4n) is 3.89. The maximum absolute atomic E-state index is 13.0. The van der Waals surface area contributed by atoms with Crippen LogP contribution in [-0.2, 0) is 10.0 Å². The lowest BCUT2D eigenvalue weighted by Crippen LogP contribution is -2.49. The van der Waals surface area contributed by atoms with Crippen LogP contribution < -0.4 is 5.73 Å². The van der Waals surface area contributed by atoms with E-state index in [1.807, 2.05) is 20.8 Å². The summed E-state index contributed by atoms with van der Waals surface area (Å²) in [6.45, 7) is 7.54. The molecule has 0 bridgehead atoms. The number of nitrogens with zero attached hydrogens (tertiary/aromatic N) is 5. The standard InChI is InChI=1S/C20H24N6O4S2/c1-12-14(3)31-20-17(12)18(21)22-19(23-20)13(2)24-7-9-25(10-8-24)32(29,30)16-6-4-5-15(11-16)26(27)28/h4-6,11,13H,7-10H2,1-3H3,(H2,21,22,23). The van der Waals surface area contributed by atoms with Crippen LogP contribution in [0, 0.1) is 24.0 Å². The molecule has 2 N–H and O–H groups in total. The van der Waals surface area contributed by atoms with Crippen molar-refractivity contribution in [3.8, 4) is 0 Å². The third-order valence-electron chi connectivity index (χ3n) is 5.93. The molecule has 4 rings (SSSR count). The Morgan fingerprint density at radius 3 is 2.53 bits per heavy atom. The summed E-state index contributed by atoms with van der Waals surface area (Å²) in [5.74, 6) is 1.08. The maximum atomic E-state index is 13.0. The zero-order valence-corrected chi connectivity index (χ0v) is 19.6. The number of aryl methyl sites for hydroxylation is 2. The smallest absolute Gasteiger partial charge is 0.270 e. The minimum atomic E-state index is -3.82. The van der Waals surface area contributed by atoms with Gasteiger partial charge in [0.05, 0.1) is 21.2 Å². The van der Waals surface area contributed by atoms with Gasteiger partial charge in [0, 0.05) is 43.2 Å².